The van der Waals surface area contributed by atoms with Crippen molar-refractivity contribution in [1.82, 2.24) is 25.0 Å². The summed E-state index contributed by atoms with van der Waals surface area (Å²) in [6.07, 6.45) is 0.726. The zero-order chi connectivity index (χ0) is 14.9. The summed E-state index contributed by atoms with van der Waals surface area (Å²) in [7, 11) is -3.91. The van der Waals surface area contributed by atoms with Gasteiger partial charge in [-0.1, -0.05) is 6.92 Å². The molecule has 0 saturated carbocycles. The molecule has 0 atom stereocenters. The lowest BCUT2D eigenvalue weighted by atomic mass is 10.2. The van der Waals surface area contributed by atoms with Crippen molar-refractivity contribution >= 4 is 10.0 Å². The summed E-state index contributed by atoms with van der Waals surface area (Å²) in [5.74, 6) is 0.436. The first-order chi connectivity index (χ1) is 9.34. The standard InChI is InChI=1S/C11H16N6O2S/c1-4-5-17-10(15-16-11(17)20(12,18)19)9-6-7(2)13-14-8(9)3/h6H,4-5H2,1-3H3,(H2,12,18,19). The Labute approximate surface area is 117 Å². The number of hydrogen-bond acceptors (Lipinski definition) is 6. The minimum absolute atomic E-state index is 0.233. The molecule has 0 amide bonds. The highest BCUT2D eigenvalue weighted by Crippen LogP contribution is 2.23. The van der Waals surface area contributed by atoms with Crippen LogP contribution in [-0.4, -0.2) is 33.4 Å². The average Bonchev–Trinajstić information content (AvgIpc) is 2.76. The molecular formula is C11H16N6O2S. The third-order valence-electron chi connectivity index (χ3n) is 2.76. The van der Waals surface area contributed by atoms with Crippen molar-refractivity contribution in [1.29, 1.82) is 0 Å². The Kier molecular flexibility index (Phi) is 3.82. The van der Waals surface area contributed by atoms with E-state index in [-0.39, 0.29) is 5.16 Å². The first kappa shape index (κ1) is 14.5. The number of rotatable bonds is 4. The summed E-state index contributed by atoms with van der Waals surface area (Å²) in [5.41, 5.74) is 2.07. The normalized spacial score (nSPS) is 11.8. The van der Waals surface area contributed by atoms with Crippen molar-refractivity contribution in [2.75, 3.05) is 0 Å². The molecule has 20 heavy (non-hydrogen) atoms. The molecule has 0 aliphatic rings. The van der Waals surface area contributed by atoms with Crippen LogP contribution >= 0.6 is 0 Å². The maximum absolute atomic E-state index is 11.6. The van der Waals surface area contributed by atoms with Crippen LogP contribution in [0.25, 0.3) is 11.4 Å². The Morgan fingerprint density at radius 3 is 2.50 bits per heavy atom. The van der Waals surface area contributed by atoms with Crippen LogP contribution in [0.15, 0.2) is 11.2 Å². The van der Waals surface area contributed by atoms with Crippen molar-refractivity contribution in [2.24, 2.45) is 5.14 Å². The number of hydrogen-bond donors (Lipinski definition) is 1. The molecule has 0 aliphatic carbocycles. The smallest absolute Gasteiger partial charge is 0.273 e. The van der Waals surface area contributed by atoms with Gasteiger partial charge in [0.25, 0.3) is 15.2 Å². The van der Waals surface area contributed by atoms with Gasteiger partial charge in [-0.05, 0) is 26.3 Å². The van der Waals surface area contributed by atoms with Crippen LogP contribution in [0, 0.1) is 13.8 Å². The molecule has 2 rings (SSSR count). The van der Waals surface area contributed by atoms with Crippen LogP contribution < -0.4 is 5.14 Å². The van der Waals surface area contributed by atoms with E-state index in [4.69, 9.17) is 5.14 Å². The summed E-state index contributed by atoms with van der Waals surface area (Å²) in [4.78, 5) is 0. The highest BCUT2D eigenvalue weighted by atomic mass is 32.2. The van der Waals surface area contributed by atoms with Gasteiger partial charge < -0.3 is 0 Å². The van der Waals surface area contributed by atoms with Gasteiger partial charge in [0.1, 0.15) is 0 Å². The minimum atomic E-state index is -3.91. The lowest BCUT2D eigenvalue weighted by Crippen LogP contribution is -2.19. The third kappa shape index (κ3) is 2.68. The highest BCUT2D eigenvalue weighted by Gasteiger charge is 2.22. The first-order valence-electron chi connectivity index (χ1n) is 6.12. The van der Waals surface area contributed by atoms with Gasteiger partial charge in [-0.3, -0.25) is 4.57 Å². The lowest BCUT2D eigenvalue weighted by molar-refractivity contribution is 0.559. The Balaban J connectivity index is 2.69. The van der Waals surface area contributed by atoms with Crippen molar-refractivity contribution in [3.05, 3.63) is 17.5 Å². The van der Waals surface area contributed by atoms with Crippen LogP contribution in [0.1, 0.15) is 24.7 Å². The lowest BCUT2D eigenvalue weighted by Gasteiger charge is -2.09. The summed E-state index contributed by atoms with van der Waals surface area (Å²) in [6, 6.07) is 1.80. The topological polar surface area (TPSA) is 117 Å². The zero-order valence-electron chi connectivity index (χ0n) is 11.5. The van der Waals surface area contributed by atoms with Crippen LogP contribution in [-0.2, 0) is 16.6 Å². The van der Waals surface area contributed by atoms with E-state index in [1.165, 1.54) is 4.57 Å². The average molecular weight is 296 g/mol. The second-order valence-electron chi connectivity index (χ2n) is 4.49. The number of sulfonamides is 1. The Morgan fingerprint density at radius 2 is 1.90 bits per heavy atom. The molecule has 0 aromatic carbocycles. The van der Waals surface area contributed by atoms with Gasteiger partial charge in [-0.15, -0.1) is 10.2 Å². The molecule has 9 heteroatoms. The van der Waals surface area contributed by atoms with E-state index in [2.05, 4.69) is 20.4 Å². The molecule has 0 aliphatic heterocycles. The van der Waals surface area contributed by atoms with Gasteiger partial charge in [0.05, 0.1) is 11.4 Å². The quantitative estimate of drug-likeness (QED) is 0.873. The number of primary sulfonamides is 1. The summed E-state index contributed by atoms with van der Waals surface area (Å²) >= 11 is 0. The third-order valence-corrected chi connectivity index (χ3v) is 3.57. The monoisotopic (exact) mass is 296 g/mol. The van der Waals surface area contributed by atoms with Crippen molar-refractivity contribution in [3.8, 4) is 11.4 Å². The largest absolute Gasteiger partial charge is 0.297 e. The highest BCUT2D eigenvalue weighted by molar-refractivity contribution is 7.89. The van der Waals surface area contributed by atoms with Gasteiger partial charge in [0.15, 0.2) is 5.82 Å². The molecule has 2 aromatic heterocycles. The van der Waals surface area contributed by atoms with Gasteiger partial charge >= 0.3 is 0 Å². The molecule has 8 nitrogen and oxygen atoms in total. The van der Waals surface area contributed by atoms with Gasteiger partial charge in [-0.2, -0.15) is 10.2 Å². The van der Waals surface area contributed by atoms with E-state index in [1.54, 1.807) is 19.9 Å². The number of aromatic nitrogens is 5. The Bertz CT molecular complexity index is 737. The summed E-state index contributed by atoms with van der Waals surface area (Å²) < 4.78 is 24.6. The fraction of sp³-hybridized carbons (Fsp3) is 0.455. The SMILES string of the molecule is CCCn1c(-c2cc(C)nnc2C)nnc1S(N)(=O)=O. The molecule has 2 aromatic rings. The molecule has 0 saturated heterocycles. The van der Waals surface area contributed by atoms with Crippen molar-refractivity contribution in [2.45, 2.75) is 38.9 Å². The summed E-state index contributed by atoms with van der Waals surface area (Å²) in [6.45, 7) is 5.97. The maximum Gasteiger partial charge on any atom is 0.273 e. The van der Waals surface area contributed by atoms with E-state index in [0.717, 1.165) is 6.42 Å². The van der Waals surface area contributed by atoms with E-state index < -0.39 is 10.0 Å². The minimum Gasteiger partial charge on any atom is -0.297 e. The van der Waals surface area contributed by atoms with Crippen molar-refractivity contribution < 1.29 is 8.42 Å². The molecule has 108 valence electrons. The number of aryl methyl sites for hydroxylation is 2. The predicted octanol–water partition coefficient (Wildman–Crippen LogP) is 0.409. The second-order valence-corrected chi connectivity index (χ2v) is 5.94. The fourth-order valence-corrected chi connectivity index (χ4v) is 2.54. The van der Waals surface area contributed by atoms with E-state index in [0.29, 0.717) is 29.3 Å². The van der Waals surface area contributed by atoms with Crippen LogP contribution in [0.4, 0.5) is 0 Å². The van der Waals surface area contributed by atoms with Gasteiger partial charge in [0, 0.05) is 12.1 Å². The fourth-order valence-electron chi connectivity index (χ4n) is 1.90. The van der Waals surface area contributed by atoms with E-state index >= 15 is 0 Å². The molecule has 2 heterocycles. The van der Waals surface area contributed by atoms with Crippen LogP contribution in [0.2, 0.25) is 0 Å². The molecular weight excluding hydrogens is 280 g/mol. The molecule has 0 fully saturated rings. The number of nitrogens with zero attached hydrogens (tertiary/aromatic N) is 5. The zero-order valence-corrected chi connectivity index (χ0v) is 12.3. The maximum atomic E-state index is 11.6. The van der Waals surface area contributed by atoms with Gasteiger partial charge in [-0.25, -0.2) is 13.6 Å². The first-order valence-corrected chi connectivity index (χ1v) is 7.66. The molecule has 0 radical (unpaired) electrons. The van der Waals surface area contributed by atoms with Crippen LogP contribution in [0.5, 0.6) is 0 Å². The molecule has 0 unspecified atom stereocenters. The summed E-state index contributed by atoms with van der Waals surface area (Å²) in [5, 5.41) is 20.6. The Hall–Kier alpha value is -1.87. The molecule has 2 N–H and O–H groups in total. The van der Waals surface area contributed by atoms with Crippen molar-refractivity contribution in [3.63, 3.8) is 0 Å². The van der Waals surface area contributed by atoms with Crippen LogP contribution in [0.3, 0.4) is 0 Å². The predicted molar refractivity (Wildman–Crippen MR) is 72.2 cm³/mol. The van der Waals surface area contributed by atoms with Gasteiger partial charge in [0.2, 0.25) is 0 Å². The van der Waals surface area contributed by atoms with E-state index in [1.807, 2.05) is 6.92 Å². The second kappa shape index (κ2) is 5.25. The molecule has 0 spiro atoms. The Morgan fingerprint density at radius 1 is 1.20 bits per heavy atom. The number of nitrogens with two attached hydrogens (primary N) is 1. The molecule has 0 bridgehead atoms. The van der Waals surface area contributed by atoms with E-state index in [9.17, 15) is 8.42 Å².